The number of benzene rings is 1. The zero-order chi connectivity index (χ0) is 14.1. The van der Waals surface area contributed by atoms with Crippen molar-refractivity contribution in [3.05, 3.63) is 24.4 Å². The minimum Gasteiger partial charge on any atom is -0.481 e. The molecule has 1 heterocycles. The number of nitrogens with zero attached hydrogens (tertiary/aromatic N) is 1. The number of hydrogen-bond donors (Lipinski definition) is 3. The average Bonchev–Trinajstić information content (AvgIpc) is 3.07. The third kappa shape index (κ3) is 2.36. The van der Waals surface area contributed by atoms with Crippen molar-refractivity contribution in [1.82, 2.24) is 10.2 Å². The quantitative estimate of drug-likeness (QED) is 0.797. The van der Waals surface area contributed by atoms with Gasteiger partial charge in [0.05, 0.1) is 17.6 Å². The Labute approximate surface area is 115 Å². The third-order valence-electron chi connectivity index (χ3n) is 3.86. The third-order valence-corrected chi connectivity index (χ3v) is 3.86. The Morgan fingerprint density at radius 1 is 1.30 bits per heavy atom. The Bertz CT molecular complexity index is 664. The molecular weight excluding hydrogens is 258 g/mol. The van der Waals surface area contributed by atoms with E-state index in [9.17, 15) is 9.59 Å². The normalized spacial score (nSPS) is 22.0. The molecule has 1 aromatic carbocycles. The van der Waals surface area contributed by atoms with Crippen LogP contribution in [0.2, 0.25) is 0 Å². The number of carbonyl (C=O) groups excluding carboxylic acids is 1. The van der Waals surface area contributed by atoms with Crippen LogP contribution in [-0.2, 0) is 9.59 Å². The lowest BCUT2D eigenvalue weighted by atomic mass is 10.0. The number of H-pyrrole nitrogens is 1. The van der Waals surface area contributed by atoms with Crippen molar-refractivity contribution in [1.29, 1.82) is 0 Å². The predicted molar refractivity (Wildman–Crippen MR) is 73.2 cm³/mol. The summed E-state index contributed by atoms with van der Waals surface area (Å²) in [5.74, 6) is -1.50. The summed E-state index contributed by atoms with van der Waals surface area (Å²) >= 11 is 0. The van der Waals surface area contributed by atoms with Crippen LogP contribution in [0.25, 0.3) is 10.9 Å². The molecule has 0 radical (unpaired) electrons. The van der Waals surface area contributed by atoms with Gasteiger partial charge in [-0.2, -0.15) is 5.10 Å². The van der Waals surface area contributed by atoms with Crippen molar-refractivity contribution in [3.8, 4) is 0 Å². The van der Waals surface area contributed by atoms with E-state index in [1.807, 2.05) is 18.2 Å². The molecule has 3 rings (SSSR count). The minimum absolute atomic E-state index is 0.100. The van der Waals surface area contributed by atoms with Crippen LogP contribution in [0.3, 0.4) is 0 Å². The van der Waals surface area contributed by atoms with Crippen molar-refractivity contribution < 1.29 is 14.7 Å². The number of carboxylic acid groups (broad SMARTS) is 1. The van der Waals surface area contributed by atoms with Crippen molar-refractivity contribution in [2.24, 2.45) is 11.8 Å². The fourth-order valence-electron chi connectivity index (χ4n) is 2.71. The highest BCUT2D eigenvalue weighted by atomic mass is 16.4. The first kappa shape index (κ1) is 12.7. The van der Waals surface area contributed by atoms with Gasteiger partial charge in [0, 0.05) is 17.0 Å². The van der Waals surface area contributed by atoms with Crippen LogP contribution in [0, 0.1) is 11.8 Å². The number of rotatable bonds is 3. The van der Waals surface area contributed by atoms with Crippen molar-refractivity contribution in [2.75, 3.05) is 5.32 Å². The van der Waals surface area contributed by atoms with E-state index in [2.05, 4.69) is 15.5 Å². The van der Waals surface area contributed by atoms with Crippen LogP contribution in [-0.4, -0.2) is 27.2 Å². The van der Waals surface area contributed by atoms with Gasteiger partial charge in [-0.05, 0) is 37.5 Å². The minimum atomic E-state index is -0.805. The second kappa shape index (κ2) is 4.96. The van der Waals surface area contributed by atoms with E-state index in [0.29, 0.717) is 24.9 Å². The van der Waals surface area contributed by atoms with Gasteiger partial charge in [0.2, 0.25) is 5.91 Å². The first-order valence-electron chi connectivity index (χ1n) is 6.60. The standard InChI is InChI=1S/C14H15N3O3/c18-13(8-1-2-9(5-8)14(19)20)16-11-3-4-12-10(6-11)7-15-17-12/h3-4,6-9H,1-2,5H2,(H,15,17)(H,16,18)(H,19,20)/t8-,9+/m1/s1. The van der Waals surface area contributed by atoms with E-state index >= 15 is 0 Å². The maximum absolute atomic E-state index is 12.1. The molecule has 0 bridgehead atoms. The zero-order valence-electron chi connectivity index (χ0n) is 10.8. The fraction of sp³-hybridized carbons (Fsp3) is 0.357. The number of carbonyl (C=O) groups is 2. The van der Waals surface area contributed by atoms with Gasteiger partial charge >= 0.3 is 5.97 Å². The lowest BCUT2D eigenvalue weighted by Crippen LogP contribution is -2.21. The Morgan fingerprint density at radius 2 is 2.10 bits per heavy atom. The summed E-state index contributed by atoms with van der Waals surface area (Å²) in [5, 5.41) is 19.5. The molecule has 0 aliphatic heterocycles. The van der Waals surface area contributed by atoms with Gasteiger partial charge in [0.1, 0.15) is 0 Å². The molecule has 0 spiro atoms. The fourth-order valence-corrected chi connectivity index (χ4v) is 2.71. The summed E-state index contributed by atoms with van der Waals surface area (Å²) in [7, 11) is 0. The average molecular weight is 273 g/mol. The highest BCUT2D eigenvalue weighted by Crippen LogP contribution is 2.32. The molecule has 1 amide bonds. The first-order chi connectivity index (χ1) is 9.63. The summed E-state index contributed by atoms with van der Waals surface area (Å²) in [4.78, 5) is 23.0. The van der Waals surface area contributed by atoms with Gasteiger partial charge in [-0.3, -0.25) is 14.7 Å². The van der Waals surface area contributed by atoms with Gasteiger partial charge in [0.15, 0.2) is 0 Å². The summed E-state index contributed by atoms with van der Waals surface area (Å²) in [5.41, 5.74) is 1.62. The predicted octanol–water partition coefficient (Wildman–Crippen LogP) is 2.00. The molecule has 0 unspecified atom stereocenters. The monoisotopic (exact) mass is 273 g/mol. The van der Waals surface area contributed by atoms with Gasteiger partial charge in [0.25, 0.3) is 0 Å². The molecule has 6 heteroatoms. The van der Waals surface area contributed by atoms with Crippen molar-refractivity contribution in [3.63, 3.8) is 0 Å². The van der Waals surface area contributed by atoms with Crippen LogP contribution in [0.4, 0.5) is 5.69 Å². The van der Waals surface area contributed by atoms with E-state index in [1.54, 1.807) is 6.20 Å². The Kier molecular flexibility index (Phi) is 3.14. The number of aliphatic carboxylic acids is 1. The van der Waals surface area contributed by atoms with Gasteiger partial charge in [-0.15, -0.1) is 0 Å². The molecule has 1 saturated carbocycles. The molecule has 20 heavy (non-hydrogen) atoms. The Hall–Kier alpha value is -2.37. The summed E-state index contributed by atoms with van der Waals surface area (Å²) in [6.45, 7) is 0. The summed E-state index contributed by atoms with van der Waals surface area (Å²) in [6, 6.07) is 5.51. The van der Waals surface area contributed by atoms with Gasteiger partial charge < -0.3 is 10.4 Å². The largest absolute Gasteiger partial charge is 0.481 e. The Balaban J connectivity index is 1.68. The summed E-state index contributed by atoms with van der Waals surface area (Å²) in [6.07, 6.45) is 3.33. The van der Waals surface area contributed by atoms with Crippen LogP contribution >= 0.6 is 0 Å². The molecule has 1 aliphatic carbocycles. The number of hydrogen-bond acceptors (Lipinski definition) is 3. The first-order valence-corrected chi connectivity index (χ1v) is 6.60. The number of anilines is 1. The maximum atomic E-state index is 12.1. The second-order valence-electron chi connectivity index (χ2n) is 5.21. The van der Waals surface area contributed by atoms with E-state index < -0.39 is 5.97 Å². The second-order valence-corrected chi connectivity index (χ2v) is 5.21. The lowest BCUT2D eigenvalue weighted by molar-refractivity contribution is -0.141. The molecule has 1 aliphatic rings. The van der Waals surface area contributed by atoms with E-state index in [0.717, 1.165) is 10.9 Å². The smallest absolute Gasteiger partial charge is 0.306 e. The van der Waals surface area contributed by atoms with Crippen LogP contribution in [0.15, 0.2) is 24.4 Å². The van der Waals surface area contributed by atoms with E-state index in [-0.39, 0.29) is 17.7 Å². The van der Waals surface area contributed by atoms with Gasteiger partial charge in [-0.25, -0.2) is 0 Å². The number of carboxylic acids is 1. The number of fused-ring (bicyclic) bond motifs is 1. The molecule has 1 fully saturated rings. The molecular formula is C14H15N3O3. The number of amides is 1. The highest BCUT2D eigenvalue weighted by Gasteiger charge is 2.33. The van der Waals surface area contributed by atoms with Crippen LogP contribution in [0.5, 0.6) is 0 Å². The SMILES string of the molecule is O=C(O)[C@H]1CC[C@@H](C(=O)Nc2ccc3[nH]ncc3c2)C1. The number of aromatic amines is 1. The van der Waals surface area contributed by atoms with E-state index in [4.69, 9.17) is 5.11 Å². The molecule has 1 aromatic heterocycles. The molecule has 0 saturated heterocycles. The van der Waals surface area contributed by atoms with Crippen molar-refractivity contribution in [2.45, 2.75) is 19.3 Å². The molecule has 6 nitrogen and oxygen atoms in total. The van der Waals surface area contributed by atoms with Crippen LogP contribution in [0.1, 0.15) is 19.3 Å². The van der Waals surface area contributed by atoms with E-state index in [1.165, 1.54) is 0 Å². The van der Waals surface area contributed by atoms with Gasteiger partial charge in [-0.1, -0.05) is 0 Å². The highest BCUT2D eigenvalue weighted by molar-refractivity contribution is 5.95. The zero-order valence-corrected chi connectivity index (χ0v) is 10.8. The topological polar surface area (TPSA) is 95.1 Å². The number of nitrogens with one attached hydrogen (secondary N) is 2. The van der Waals surface area contributed by atoms with Crippen molar-refractivity contribution >= 4 is 28.5 Å². The number of aromatic nitrogens is 2. The molecule has 104 valence electrons. The lowest BCUT2D eigenvalue weighted by Gasteiger charge is -2.10. The molecule has 2 atom stereocenters. The summed E-state index contributed by atoms with van der Waals surface area (Å²) < 4.78 is 0. The Morgan fingerprint density at radius 3 is 2.85 bits per heavy atom. The molecule has 3 N–H and O–H groups in total. The van der Waals surface area contributed by atoms with Crippen LogP contribution < -0.4 is 5.32 Å². The molecule has 2 aromatic rings. The maximum Gasteiger partial charge on any atom is 0.306 e.